The van der Waals surface area contributed by atoms with Gasteiger partial charge < -0.3 is 30.5 Å². The Morgan fingerprint density at radius 3 is 2.29 bits per heavy atom. The number of carboxylic acids is 1. The SMILES string of the molecule is CCCCCNC(=O)[C@H](Cc1ccc(OCC(=O)O)c(-c2nn[nH]n2)c1)NC(=O)[C@@H](Cc1ccccc1)NC(=O)OC(C)(C)C. The second-order valence-electron chi connectivity index (χ2n) is 11.4. The molecule has 5 N–H and O–H groups in total. The molecule has 2 aromatic carbocycles. The molecule has 0 bridgehead atoms. The van der Waals surface area contributed by atoms with E-state index in [4.69, 9.17) is 14.6 Å². The van der Waals surface area contributed by atoms with E-state index in [0.717, 1.165) is 24.8 Å². The summed E-state index contributed by atoms with van der Waals surface area (Å²) in [5.41, 5.74) is 0.974. The third kappa shape index (κ3) is 11.9. The maximum absolute atomic E-state index is 13.7. The summed E-state index contributed by atoms with van der Waals surface area (Å²) in [6, 6.07) is 12.0. The first-order chi connectivity index (χ1) is 21.4. The van der Waals surface area contributed by atoms with Crippen LogP contribution < -0.4 is 20.7 Å². The number of aromatic amines is 1. The van der Waals surface area contributed by atoms with Crippen LogP contribution in [0, 0.1) is 0 Å². The molecule has 0 radical (unpaired) electrons. The number of rotatable bonds is 16. The highest BCUT2D eigenvalue weighted by Crippen LogP contribution is 2.29. The van der Waals surface area contributed by atoms with Crippen molar-refractivity contribution in [2.75, 3.05) is 13.2 Å². The van der Waals surface area contributed by atoms with Gasteiger partial charge >= 0.3 is 12.1 Å². The molecule has 45 heavy (non-hydrogen) atoms. The third-order valence-corrected chi connectivity index (χ3v) is 6.42. The number of alkyl carbamates (subject to hydrolysis) is 1. The number of aliphatic carboxylic acids is 1. The summed E-state index contributed by atoms with van der Waals surface area (Å²) >= 11 is 0. The fraction of sp³-hybridized carbons (Fsp3) is 0.452. The summed E-state index contributed by atoms with van der Waals surface area (Å²) in [6.07, 6.45) is 2.14. The molecule has 0 aliphatic rings. The molecule has 1 aromatic heterocycles. The number of tetrazole rings is 1. The summed E-state index contributed by atoms with van der Waals surface area (Å²) in [6.45, 7) is 7.06. The minimum atomic E-state index is -1.16. The number of nitrogens with zero attached hydrogens (tertiary/aromatic N) is 3. The topological polar surface area (TPSA) is 198 Å². The van der Waals surface area contributed by atoms with Crippen molar-refractivity contribution in [3.8, 4) is 17.1 Å². The molecule has 14 nitrogen and oxygen atoms in total. The number of aromatic nitrogens is 4. The van der Waals surface area contributed by atoms with Crippen LogP contribution >= 0.6 is 0 Å². The normalized spacial score (nSPS) is 12.4. The Bertz CT molecular complexity index is 1410. The van der Waals surface area contributed by atoms with E-state index >= 15 is 0 Å². The predicted molar refractivity (Wildman–Crippen MR) is 164 cm³/mol. The van der Waals surface area contributed by atoms with Crippen LogP contribution in [-0.4, -0.2) is 80.4 Å². The van der Waals surface area contributed by atoms with Gasteiger partial charge in [-0.3, -0.25) is 9.59 Å². The molecular weight excluding hydrogens is 582 g/mol. The lowest BCUT2D eigenvalue weighted by Crippen LogP contribution is -2.55. The number of nitrogens with one attached hydrogen (secondary N) is 4. The van der Waals surface area contributed by atoms with Gasteiger partial charge in [-0.1, -0.05) is 56.2 Å². The van der Waals surface area contributed by atoms with Crippen molar-refractivity contribution in [3.05, 3.63) is 59.7 Å². The maximum atomic E-state index is 13.7. The molecule has 0 unspecified atom stereocenters. The highest BCUT2D eigenvalue weighted by Gasteiger charge is 2.29. The summed E-state index contributed by atoms with van der Waals surface area (Å²) in [7, 11) is 0. The molecule has 3 rings (SSSR count). The molecule has 0 saturated carbocycles. The van der Waals surface area contributed by atoms with E-state index in [9.17, 15) is 19.2 Å². The Hall–Kier alpha value is -5.01. The molecule has 242 valence electrons. The Kier molecular flexibility index (Phi) is 12.8. The van der Waals surface area contributed by atoms with Crippen LogP contribution in [-0.2, 0) is 32.0 Å². The van der Waals surface area contributed by atoms with Crippen molar-refractivity contribution >= 4 is 23.9 Å². The van der Waals surface area contributed by atoms with Gasteiger partial charge in [0, 0.05) is 19.4 Å². The van der Waals surface area contributed by atoms with E-state index < -0.39 is 48.2 Å². The molecule has 0 fully saturated rings. The standard InChI is InChI=1S/C31H41N7O7/c1-5-6-10-15-32-28(41)23(18-21-13-14-25(44-19-26(39)40)22(16-21)27-35-37-38-36-27)33-29(42)24(17-20-11-8-7-9-12-20)34-30(43)45-31(2,3)4/h7-9,11-14,16,23-24H,5-6,10,15,17-19H2,1-4H3,(H,32,41)(H,33,42)(H,34,43)(H,39,40)(H,35,36,37,38)/t23-,24+/m0/s1. The molecule has 1 heterocycles. The molecule has 0 saturated heterocycles. The summed E-state index contributed by atoms with van der Waals surface area (Å²) in [5, 5.41) is 31.3. The fourth-order valence-corrected chi connectivity index (χ4v) is 4.36. The van der Waals surface area contributed by atoms with E-state index in [2.05, 4.69) is 43.5 Å². The number of carboxylic acid groups (broad SMARTS) is 1. The number of carbonyl (C=O) groups is 4. The zero-order chi connectivity index (χ0) is 32.8. The number of hydrogen-bond donors (Lipinski definition) is 5. The van der Waals surface area contributed by atoms with E-state index in [1.165, 1.54) is 0 Å². The Balaban J connectivity index is 1.89. The fourth-order valence-electron chi connectivity index (χ4n) is 4.36. The number of unbranched alkanes of at least 4 members (excludes halogenated alkanes) is 2. The van der Waals surface area contributed by atoms with Gasteiger partial charge in [0.15, 0.2) is 6.61 Å². The molecular formula is C31H41N7O7. The summed E-state index contributed by atoms with van der Waals surface area (Å²) < 4.78 is 10.8. The van der Waals surface area contributed by atoms with Crippen LogP contribution in [0.25, 0.3) is 11.4 Å². The number of hydrogen-bond acceptors (Lipinski definition) is 9. The first-order valence-electron chi connectivity index (χ1n) is 14.8. The predicted octanol–water partition coefficient (Wildman–Crippen LogP) is 2.80. The van der Waals surface area contributed by atoms with E-state index in [-0.39, 0.29) is 24.4 Å². The van der Waals surface area contributed by atoms with Crippen LogP contribution in [0.15, 0.2) is 48.5 Å². The zero-order valence-electron chi connectivity index (χ0n) is 26.0. The molecule has 0 aliphatic carbocycles. The highest BCUT2D eigenvalue weighted by atomic mass is 16.6. The van der Waals surface area contributed by atoms with Crippen LogP contribution in [0.3, 0.4) is 0 Å². The average molecular weight is 624 g/mol. The first kappa shape index (κ1) is 34.5. The van der Waals surface area contributed by atoms with Gasteiger partial charge in [-0.05, 0) is 55.7 Å². The molecule has 3 amide bonds. The monoisotopic (exact) mass is 623 g/mol. The van der Waals surface area contributed by atoms with E-state index in [1.54, 1.807) is 39.0 Å². The minimum Gasteiger partial charge on any atom is -0.481 e. The maximum Gasteiger partial charge on any atom is 0.408 e. The Morgan fingerprint density at radius 2 is 1.64 bits per heavy atom. The van der Waals surface area contributed by atoms with Crippen LogP contribution in [0.1, 0.15) is 58.1 Å². The first-order valence-corrected chi connectivity index (χ1v) is 14.8. The third-order valence-electron chi connectivity index (χ3n) is 6.42. The number of carbonyl (C=O) groups excluding carboxylic acids is 3. The number of benzene rings is 2. The van der Waals surface area contributed by atoms with E-state index in [0.29, 0.717) is 17.7 Å². The van der Waals surface area contributed by atoms with Crippen LogP contribution in [0.5, 0.6) is 5.75 Å². The van der Waals surface area contributed by atoms with Crippen molar-refractivity contribution in [2.24, 2.45) is 0 Å². The Labute approximate surface area is 261 Å². The van der Waals surface area contributed by atoms with Gasteiger partial charge in [0.2, 0.25) is 17.6 Å². The second kappa shape index (κ2) is 16.7. The van der Waals surface area contributed by atoms with Gasteiger partial charge in [-0.25, -0.2) is 9.59 Å². The largest absolute Gasteiger partial charge is 0.481 e. The zero-order valence-corrected chi connectivity index (χ0v) is 26.0. The number of H-pyrrole nitrogens is 1. The molecule has 3 aromatic rings. The summed E-state index contributed by atoms with van der Waals surface area (Å²) in [5.74, 6) is -1.77. The average Bonchev–Trinajstić information content (AvgIpc) is 3.52. The van der Waals surface area contributed by atoms with Crippen molar-refractivity contribution in [2.45, 2.75) is 77.5 Å². The number of ether oxygens (including phenoxy) is 2. The quantitative estimate of drug-likeness (QED) is 0.148. The minimum absolute atomic E-state index is 0.0555. The van der Waals surface area contributed by atoms with Crippen LogP contribution in [0.2, 0.25) is 0 Å². The van der Waals surface area contributed by atoms with Gasteiger partial charge in [0.25, 0.3) is 0 Å². The van der Waals surface area contributed by atoms with Crippen LogP contribution in [0.4, 0.5) is 4.79 Å². The van der Waals surface area contributed by atoms with Crippen molar-refractivity contribution in [3.63, 3.8) is 0 Å². The van der Waals surface area contributed by atoms with Crippen molar-refractivity contribution in [1.82, 2.24) is 36.6 Å². The lowest BCUT2D eigenvalue weighted by atomic mass is 10.0. The lowest BCUT2D eigenvalue weighted by Gasteiger charge is -2.25. The van der Waals surface area contributed by atoms with Gasteiger partial charge in [-0.2, -0.15) is 5.21 Å². The lowest BCUT2D eigenvalue weighted by molar-refractivity contribution is -0.139. The number of amides is 3. The van der Waals surface area contributed by atoms with Gasteiger partial charge in [0.05, 0.1) is 5.56 Å². The van der Waals surface area contributed by atoms with Gasteiger partial charge in [0.1, 0.15) is 23.4 Å². The second-order valence-corrected chi connectivity index (χ2v) is 11.4. The molecule has 14 heteroatoms. The van der Waals surface area contributed by atoms with E-state index in [1.807, 2.05) is 30.3 Å². The highest BCUT2D eigenvalue weighted by molar-refractivity contribution is 5.91. The van der Waals surface area contributed by atoms with Crippen molar-refractivity contribution < 1.29 is 33.8 Å². The smallest absolute Gasteiger partial charge is 0.408 e. The molecule has 0 spiro atoms. The Morgan fingerprint density at radius 1 is 0.933 bits per heavy atom. The molecule has 2 atom stereocenters. The van der Waals surface area contributed by atoms with Gasteiger partial charge in [-0.15, -0.1) is 10.2 Å². The van der Waals surface area contributed by atoms with Crippen molar-refractivity contribution in [1.29, 1.82) is 0 Å². The molecule has 0 aliphatic heterocycles. The summed E-state index contributed by atoms with van der Waals surface area (Å²) in [4.78, 5) is 50.9.